The fraction of sp³-hybridized carbons (Fsp3) is 0.357. The second-order valence-corrected chi connectivity index (χ2v) is 4.15. The Bertz CT molecular complexity index is 458. The van der Waals surface area contributed by atoms with E-state index < -0.39 is 12.0 Å². The van der Waals surface area contributed by atoms with E-state index >= 15 is 0 Å². The summed E-state index contributed by atoms with van der Waals surface area (Å²) in [7, 11) is 0. The monoisotopic (exact) mass is 300 g/mol. The number of carbonyl (C=O) groups is 2. The van der Waals surface area contributed by atoms with Crippen molar-refractivity contribution in [3.8, 4) is 0 Å². The third kappa shape index (κ3) is 7.66. The standard InChI is InChI=1S/C13H16N2O3.CH4.ClH/c1-9(16)7-15-8-11-4-2-10(3-5-11)6-12(14)13(17)18;;/h2-5,8,12H,6-7,14H2,1H3,(H,17,18);1H4;1H. The van der Waals surface area contributed by atoms with Gasteiger partial charge in [0.05, 0.1) is 6.54 Å². The fourth-order valence-corrected chi connectivity index (χ4v) is 1.39. The minimum atomic E-state index is -0.901. The first-order valence-corrected chi connectivity index (χ1v) is 5.63. The van der Waals surface area contributed by atoms with Crippen LogP contribution in [-0.4, -0.2) is 35.7 Å². The van der Waals surface area contributed by atoms with E-state index in [0.717, 1.165) is 11.1 Å². The molecule has 20 heavy (non-hydrogen) atoms. The Hall–Kier alpha value is -1.72. The van der Waals surface area contributed by atoms with Crippen molar-refractivity contribution in [1.29, 1.82) is 0 Å². The smallest absolute Gasteiger partial charge is 0.362 e. The molecule has 1 unspecified atom stereocenters. The number of quaternary nitrogens is 1. The molecule has 112 valence electrons. The Labute approximate surface area is 125 Å². The minimum Gasteiger partial charge on any atom is -1.00 e. The van der Waals surface area contributed by atoms with E-state index in [-0.39, 0.29) is 32.2 Å². The second-order valence-electron chi connectivity index (χ2n) is 4.15. The maximum absolute atomic E-state index is 10.7. The molecule has 0 saturated carbocycles. The van der Waals surface area contributed by atoms with Crippen molar-refractivity contribution in [3.63, 3.8) is 0 Å². The lowest BCUT2D eigenvalue weighted by atomic mass is 10.1. The molecule has 1 rings (SSSR count). The van der Waals surface area contributed by atoms with E-state index in [4.69, 9.17) is 5.11 Å². The highest BCUT2D eigenvalue weighted by atomic mass is 35.5. The van der Waals surface area contributed by atoms with Crippen molar-refractivity contribution in [2.24, 2.45) is 4.99 Å². The number of hydrogen-bond donors (Lipinski definition) is 2. The third-order valence-electron chi connectivity index (χ3n) is 2.37. The van der Waals surface area contributed by atoms with Gasteiger partial charge in [0.25, 0.3) is 0 Å². The number of aliphatic carboxylic acids is 1. The summed E-state index contributed by atoms with van der Waals surface area (Å²) < 4.78 is 0. The SMILES string of the molecule is C.CC(=O)CN=Cc1ccc(CC([NH3+])C(=O)O)cc1.[Cl-]. The van der Waals surface area contributed by atoms with Gasteiger partial charge in [-0.1, -0.05) is 31.7 Å². The quantitative estimate of drug-likeness (QED) is 0.572. The zero-order valence-electron chi connectivity index (χ0n) is 10.7. The van der Waals surface area contributed by atoms with Crippen LogP contribution in [0.15, 0.2) is 29.3 Å². The molecule has 0 saturated heterocycles. The number of aliphatic imine (C=N–C) groups is 1. The number of benzene rings is 1. The first kappa shape index (κ1) is 20.6. The lowest BCUT2D eigenvalue weighted by Crippen LogP contribution is -3.00. The van der Waals surface area contributed by atoms with Crippen LogP contribution < -0.4 is 18.1 Å². The van der Waals surface area contributed by atoms with Crippen LogP contribution in [0.25, 0.3) is 0 Å². The van der Waals surface area contributed by atoms with Crippen molar-refractivity contribution < 1.29 is 32.8 Å². The van der Waals surface area contributed by atoms with Crippen molar-refractivity contribution in [2.45, 2.75) is 26.8 Å². The average molecular weight is 301 g/mol. The van der Waals surface area contributed by atoms with Crippen LogP contribution in [0.2, 0.25) is 0 Å². The van der Waals surface area contributed by atoms with E-state index in [1.54, 1.807) is 6.21 Å². The van der Waals surface area contributed by atoms with Crippen LogP contribution in [-0.2, 0) is 16.0 Å². The van der Waals surface area contributed by atoms with Gasteiger partial charge >= 0.3 is 5.97 Å². The number of hydrogen-bond acceptors (Lipinski definition) is 3. The molecule has 0 aliphatic heterocycles. The summed E-state index contributed by atoms with van der Waals surface area (Å²) in [6.07, 6.45) is 2.03. The zero-order chi connectivity index (χ0) is 13.5. The fourth-order valence-electron chi connectivity index (χ4n) is 1.39. The molecule has 0 aromatic heterocycles. The van der Waals surface area contributed by atoms with Gasteiger partial charge in [-0.3, -0.25) is 9.79 Å². The molecular formula is C14H21ClN2O3. The van der Waals surface area contributed by atoms with Gasteiger partial charge in [0.2, 0.25) is 0 Å². The summed E-state index contributed by atoms with van der Waals surface area (Å²) >= 11 is 0. The number of Topliss-reactive ketones (excluding diaryl/α,β-unsaturated/α-hetero) is 1. The number of halogens is 1. The maximum atomic E-state index is 10.7. The van der Waals surface area contributed by atoms with Gasteiger partial charge in [-0.05, 0) is 18.1 Å². The third-order valence-corrected chi connectivity index (χ3v) is 2.37. The Morgan fingerprint density at radius 2 is 1.90 bits per heavy atom. The molecular weight excluding hydrogens is 280 g/mol. The van der Waals surface area contributed by atoms with Crippen LogP contribution in [0.3, 0.4) is 0 Å². The molecule has 0 fully saturated rings. The van der Waals surface area contributed by atoms with E-state index in [0.29, 0.717) is 6.42 Å². The zero-order valence-corrected chi connectivity index (χ0v) is 11.4. The highest BCUT2D eigenvalue weighted by Gasteiger charge is 2.15. The Balaban J connectivity index is 0. The van der Waals surface area contributed by atoms with Gasteiger partial charge in [-0.15, -0.1) is 0 Å². The molecule has 1 aromatic rings. The Morgan fingerprint density at radius 3 is 2.35 bits per heavy atom. The van der Waals surface area contributed by atoms with Gasteiger partial charge in [-0.2, -0.15) is 0 Å². The number of carboxylic acid groups (broad SMARTS) is 1. The van der Waals surface area contributed by atoms with E-state index in [9.17, 15) is 9.59 Å². The van der Waals surface area contributed by atoms with Crippen LogP contribution >= 0.6 is 0 Å². The molecule has 0 spiro atoms. The Kier molecular flexibility index (Phi) is 10.4. The van der Waals surface area contributed by atoms with Gasteiger partial charge in [-0.25, -0.2) is 4.79 Å². The summed E-state index contributed by atoms with van der Waals surface area (Å²) in [5.41, 5.74) is 5.36. The molecule has 4 N–H and O–H groups in total. The molecule has 1 atom stereocenters. The predicted octanol–water partition coefficient (Wildman–Crippen LogP) is -2.43. The van der Waals surface area contributed by atoms with E-state index in [1.165, 1.54) is 6.92 Å². The molecule has 0 aliphatic carbocycles. The van der Waals surface area contributed by atoms with Crippen molar-refractivity contribution >= 4 is 18.0 Å². The first-order chi connectivity index (χ1) is 8.49. The number of ketones is 1. The molecule has 0 aliphatic rings. The van der Waals surface area contributed by atoms with Crippen LogP contribution in [0, 0.1) is 0 Å². The largest absolute Gasteiger partial charge is 1.00 e. The van der Waals surface area contributed by atoms with Crippen LogP contribution in [0.1, 0.15) is 25.5 Å². The summed E-state index contributed by atoms with van der Waals surface area (Å²) in [5, 5.41) is 8.75. The molecule has 0 heterocycles. The predicted molar refractivity (Wildman–Crippen MR) is 74.3 cm³/mol. The summed E-state index contributed by atoms with van der Waals surface area (Å²) in [4.78, 5) is 25.3. The number of rotatable bonds is 6. The van der Waals surface area contributed by atoms with Gasteiger partial charge in [0, 0.05) is 12.6 Å². The second kappa shape index (κ2) is 10.1. The summed E-state index contributed by atoms with van der Waals surface area (Å²) in [6.45, 7) is 1.67. The minimum absolute atomic E-state index is 0. The molecule has 0 bridgehead atoms. The highest BCUT2D eigenvalue weighted by Crippen LogP contribution is 2.04. The number of nitrogens with zero attached hydrogens (tertiary/aromatic N) is 1. The van der Waals surface area contributed by atoms with Crippen LogP contribution in [0.4, 0.5) is 0 Å². The summed E-state index contributed by atoms with van der Waals surface area (Å²) in [6, 6.07) is 6.73. The van der Waals surface area contributed by atoms with Gasteiger partial charge < -0.3 is 23.2 Å². The molecule has 5 nitrogen and oxygen atoms in total. The topological polar surface area (TPSA) is 94.4 Å². The van der Waals surface area contributed by atoms with E-state index in [2.05, 4.69) is 10.7 Å². The first-order valence-electron chi connectivity index (χ1n) is 5.63. The average Bonchev–Trinajstić information content (AvgIpc) is 2.30. The van der Waals surface area contributed by atoms with Gasteiger partial charge in [0.15, 0.2) is 11.8 Å². The number of carboxylic acids is 1. The molecule has 1 aromatic carbocycles. The maximum Gasteiger partial charge on any atom is 0.362 e. The van der Waals surface area contributed by atoms with Crippen molar-refractivity contribution in [1.82, 2.24) is 0 Å². The number of carbonyl (C=O) groups excluding carboxylic acids is 1. The lowest BCUT2D eigenvalue weighted by molar-refractivity contribution is -0.407. The normalized spacial score (nSPS) is 11.3. The van der Waals surface area contributed by atoms with E-state index in [1.807, 2.05) is 24.3 Å². The highest BCUT2D eigenvalue weighted by molar-refractivity contribution is 5.84. The Morgan fingerprint density at radius 1 is 1.35 bits per heavy atom. The van der Waals surface area contributed by atoms with Crippen molar-refractivity contribution in [2.75, 3.05) is 6.54 Å². The van der Waals surface area contributed by atoms with Gasteiger partial charge in [0.1, 0.15) is 0 Å². The molecule has 6 heteroatoms. The van der Waals surface area contributed by atoms with Crippen molar-refractivity contribution in [3.05, 3.63) is 35.4 Å². The molecule has 0 amide bonds. The summed E-state index contributed by atoms with van der Waals surface area (Å²) in [5.74, 6) is -0.883. The lowest BCUT2D eigenvalue weighted by Gasteiger charge is -2.03. The van der Waals surface area contributed by atoms with Crippen LogP contribution in [0.5, 0.6) is 0 Å². The molecule has 0 radical (unpaired) electrons.